The summed E-state index contributed by atoms with van der Waals surface area (Å²) in [7, 11) is 0. The average Bonchev–Trinajstić information content (AvgIpc) is 2.32. The van der Waals surface area contributed by atoms with Crippen molar-refractivity contribution in [3.05, 3.63) is 59.7 Å². The first kappa shape index (κ1) is 11.2. The Kier molecular flexibility index (Phi) is 3.10. The van der Waals surface area contributed by atoms with Crippen LogP contribution in [0.3, 0.4) is 0 Å². The van der Waals surface area contributed by atoms with Crippen molar-refractivity contribution in [3.8, 4) is 11.5 Å². The number of aryl methyl sites for hydroxylation is 1. The molecule has 17 heavy (non-hydrogen) atoms. The number of hydrogen-bond acceptors (Lipinski definition) is 2. The molecule has 0 fully saturated rings. The number of benzene rings is 2. The molecule has 0 saturated heterocycles. The summed E-state index contributed by atoms with van der Waals surface area (Å²) in [5.41, 5.74) is 6.61. The molecule has 0 saturated carbocycles. The first-order chi connectivity index (χ1) is 8.16. The zero-order valence-electron chi connectivity index (χ0n) is 9.51. The number of carbonyl (C=O) groups excluding carboxylic acids is 1. The predicted octanol–water partition coefficient (Wildman–Crippen LogP) is 2.89. The third-order valence-electron chi connectivity index (χ3n) is 2.45. The number of rotatable bonds is 3. The predicted molar refractivity (Wildman–Crippen MR) is 66.2 cm³/mol. The van der Waals surface area contributed by atoms with E-state index in [1.165, 1.54) is 0 Å². The zero-order chi connectivity index (χ0) is 12.3. The molecule has 2 rings (SSSR count). The quantitative estimate of drug-likeness (QED) is 0.876. The van der Waals surface area contributed by atoms with Crippen LogP contribution in [-0.4, -0.2) is 5.91 Å². The van der Waals surface area contributed by atoms with Crippen LogP contribution in [0.4, 0.5) is 0 Å². The van der Waals surface area contributed by atoms with E-state index in [4.69, 9.17) is 10.5 Å². The van der Waals surface area contributed by atoms with Gasteiger partial charge in [0.1, 0.15) is 11.5 Å². The minimum Gasteiger partial charge on any atom is -0.457 e. The summed E-state index contributed by atoms with van der Waals surface area (Å²) >= 11 is 0. The molecule has 0 heterocycles. The molecule has 0 atom stereocenters. The van der Waals surface area contributed by atoms with Crippen molar-refractivity contribution >= 4 is 5.91 Å². The van der Waals surface area contributed by atoms with E-state index in [-0.39, 0.29) is 0 Å². The van der Waals surface area contributed by atoms with Crippen LogP contribution in [0.25, 0.3) is 0 Å². The molecule has 2 aromatic carbocycles. The van der Waals surface area contributed by atoms with Crippen molar-refractivity contribution in [1.29, 1.82) is 0 Å². The standard InChI is InChI=1S/C14H13NO2/c1-10-7-8-12(9-13(10)14(15)16)17-11-5-3-2-4-6-11/h2-9H,1H3,(H2,15,16). The van der Waals surface area contributed by atoms with Gasteiger partial charge in [0, 0.05) is 5.56 Å². The topological polar surface area (TPSA) is 52.3 Å². The molecule has 3 nitrogen and oxygen atoms in total. The highest BCUT2D eigenvalue weighted by molar-refractivity contribution is 5.94. The Morgan fingerprint density at radius 2 is 1.76 bits per heavy atom. The van der Waals surface area contributed by atoms with Crippen molar-refractivity contribution in [2.45, 2.75) is 6.92 Å². The van der Waals surface area contributed by atoms with Crippen LogP contribution >= 0.6 is 0 Å². The molecular weight excluding hydrogens is 214 g/mol. The Bertz CT molecular complexity index is 535. The Labute approximate surface area is 99.8 Å². The van der Waals surface area contributed by atoms with Crippen LogP contribution in [0.15, 0.2) is 48.5 Å². The Morgan fingerprint density at radius 3 is 2.41 bits per heavy atom. The van der Waals surface area contributed by atoms with Crippen LogP contribution in [0.5, 0.6) is 11.5 Å². The van der Waals surface area contributed by atoms with Gasteiger partial charge in [-0.05, 0) is 36.8 Å². The summed E-state index contributed by atoms with van der Waals surface area (Å²) < 4.78 is 5.62. The SMILES string of the molecule is Cc1ccc(Oc2ccccc2)cc1C(N)=O. The second kappa shape index (κ2) is 4.70. The van der Waals surface area contributed by atoms with Gasteiger partial charge in [0.15, 0.2) is 0 Å². The second-order valence-corrected chi connectivity index (χ2v) is 3.76. The zero-order valence-corrected chi connectivity index (χ0v) is 9.51. The molecule has 1 amide bonds. The lowest BCUT2D eigenvalue weighted by Crippen LogP contribution is -2.12. The summed E-state index contributed by atoms with van der Waals surface area (Å²) in [6, 6.07) is 14.7. The van der Waals surface area contributed by atoms with Crippen LogP contribution < -0.4 is 10.5 Å². The van der Waals surface area contributed by atoms with Crippen LogP contribution in [0.2, 0.25) is 0 Å². The highest BCUT2D eigenvalue weighted by atomic mass is 16.5. The van der Waals surface area contributed by atoms with Gasteiger partial charge >= 0.3 is 0 Å². The van der Waals surface area contributed by atoms with Crippen molar-refractivity contribution < 1.29 is 9.53 Å². The molecule has 86 valence electrons. The third-order valence-corrected chi connectivity index (χ3v) is 2.45. The molecule has 0 radical (unpaired) electrons. The molecular formula is C14H13NO2. The normalized spacial score (nSPS) is 9.94. The highest BCUT2D eigenvalue weighted by Crippen LogP contribution is 2.23. The van der Waals surface area contributed by atoms with Gasteiger partial charge in [0.05, 0.1) is 0 Å². The lowest BCUT2D eigenvalue weighted by atomic mass is 10.1. The van der Waals surface area contributed by atoms with Crippen molar-refractivity contribution in [3.63, 3.8) is 0 Å². The fraction of sp³-hybridized carbons (Fsp3) is 0.0714. The summed E-state index contributed by atoms with van der Waals surface area (Å²) in [6.07, 6.45) is 0. The van der Waals surface area contributed by atoms with Gasteiger partial charge < -0.3 is 10.5 Å². The fourth-order valence-corrected chi connectivity index (χ4v) is 1.55. The van der Waals surface area contributed by atoms with E-state index in [9.17, 15) is 4.79 Å². The Balaban J connectivity index is 2.29. The van der Waals surface area contributed by atoms with Crippen molar-refractivity contribution in [1.82, 2.24) is 0 Å². The number of hydrogen-bond donors (Lipinski definition) is 1. The first-order valence-electron chi connectivity index (χ1n) is 5.30. The summed E-state index contributed by atoms with van der Waals surface area (Å²) in [5.74, 6) is 0.892. The number of ether oxygens (including phenoxy) is 1. The molecule has 0 spiro atoms. The number of primary amides is 1. The molecule has 0 aliphatic carbocycles. The van der Waals surface area contributed by atoms with Crippen molar-refractivity contribution in [2.24, 2.45) is 5.73 Å². The van der Waals surface area contributed by atoms with Crippen LogP contribution in [-0.2, 0) is 0 Å². The van der Waals surface area contributed by atoms with Gasteiger partial charge in [0.2, 0.25) is 5.91 Å². The van der Waals surface area contributed by atoms with Gasteiger partial charge in [-0.25, -0.2) is 0 Å². The largest absolute Gasteiger partial charge is 0.457 e. The van der Waals surface area contributed by atoms with E-state index in [1.807, 2.05) is 49.4 Å². The van der Waals surface area contributed by atoms with Gasteiger partial charge in [0.25, 0.3) is 0 Å². The maximum atomic E-state index is 11.2. The van der Waals surface area contributed by atoms with E-state index in [0.717, 1.165) is 11.3 Å². The molecule has 0 unspecified atom stereocenters. The first-order valence-corrected chi connectivity index (χ1v) is 5.30. The molecule has 0 bridgehead atoms. The number of para-hydroxylation sites is 1. The maximum Gasteiger partial charge on any atom is 0.249 e. The third kappa shape index (κ3) is 2.64. The molecule has 0 aromatic heterocycles. The molecule has 0 aliphatic rings. The van der Waals surface area contributed by atoms with Gasteiger partial charge in [-0.1, -0.05) is 24.3 Å². The van der Waals surface area contributed by atoms with E-state index in [2.05, 4.69) is 0 Å². The number of amides is 1. The van der Waals surface area contributed by atoms with E-state index in [1.54, 1.807) is 6.07 Å². The van der Waals surface area contributed by atoms with Gasteiger partial charge in [-0.2, -0.15) is 0 Å². The highest BCUT2D eigenvalue weighted by Gasteiger charge is 2.06. The molecule has 2 aromatic rings. The Morgan fingerprint density at radius 1 is 1.06 bits per heavy atom. The minimum absolute atomic E-state index is 0.444. The Hall–Kier alpha value is -2.29. The van der Waals surface area contributed by atoms with E-state index < -0.39 is 5.91 Å². The second-order valence-electron chi connectivity index (χ2n) is 3.76. The van der Waals surface area contributed by atoms with Crippen molar-refractivity contribution in [2.75, 3.05) is 0 Å². The summed E-state index contributed by atoms with van der Waals surface area (Å²) in [5, 5.41) is 0. The molecule has 3 heteroatoms. The lowest BCUT2D eigenvalue weighted by molar-refractivity contribution is 0.0999. The molecule has 2 N–H and O–H groups in total. The van der Waals surface area contributed by atoms with E-state index in [0.29, 0.717) is 11.3 Å². The smallest absolute Gasteiger partial charge is 0.249 e. The van der Waals surface area contributed by atoms with Gasteiger partial charge in [-0.3, -0.25) is 4.79 Å². The summed E-state index contributed by atoms with van der Waals surface area (Å²) in [6.45, 7) is 1.84. The lowest BCUT2D eigenvalue weighted by Gasteiger charge is -2.08. The number of carbonyl (C=O) groups is 1. The van der Waals surface area contributed by atoms with Gasteiger partial charge in [-0.15, -0.1) is 0 Å². The monoisotopic (exact) mass is 227 g/mol. The average molecular weight is 227 g/mol. The summed E-state index contributed by atoms with van der Waals surface area (Å²) in [4.78, 5) is 11.2. The minimum atomic E-state index is -0.444. The fourth-order valence-electron chi connectivity index (χ4n) is 1.55. The van der Waals surface area contributed by atoms with Crippen LogP contribution in [0, 0.1) is 6.92 Å². The van der Waals surface area contributed by atoms with Crippen LogP contribution in [0.1, 0.15) is 15.9 Å². The number of nitrogens with two attached hydrogens (primary N) is 1. The molecule has 0 aliphatic heterocycles. The van der Waals surface area contributed by atoms with E-state index >= 15 is 0 Å². The maximum absolute atomic E-state index is 11.2.